The van der Waals surface area contributed by atoms with E-state index in [0.717, 1.165) is 58.1 Å². The Morgan fingerprint density at radius 1 is 1.17 bits per heavy atom. The topological polar surface area (TPSA) is 54.9 Å². The van der Waals surface area contributed by atoms with Gasteiger partial charge in [0, 0.05) is 44.4 Å². The van der Waals surface area contributed by atoms with Crippen LogP contribution < -0.4 is 10.6 Å². The predicted molar refractivity (Wildman–Crippen MR) is 94.9 cm³/mol. The van der Waals surface area contributed by atoms with E-state index >= 15 is 0 Å². The molecule has 0 heterocycles. The van der Waals surface area contributed by atoms with Crippen molar-refractivity contribution in [3.63, 3.8) is 0 Å². The van der Waals surface area contributed by atoms with Crippen LogP contribution in [-0.2, 0) is 9.47 Å². The molecule has 23 heavy (non-hydrogen) atoms. The van der Waals surface area contributed by atoms with Gasteiger partial charge in [0.05, 0.1) is 6.10 Å². The van der Waals surface area contributed by atoms with E-state index in [-0.39, 0.29) is 0 Å². The first-order valence-electron chi connectivity index (χ1n) is 9.51. The molecule has 5 heteroatoms. The summed E-state index contributed by atoms with van der Waals surface area (Å²) in [6.07, 6.45) is 7.65. The Balaban J connectivity index is 1.77. The van der Waals surface area contributed by atoms with Crippen molar-refractivity contribution in [3.05, 3.63) is 0 Å². The molecule has 1 spiro atoms. The van der Waals surface area contributed by atoms with E-state index in [1.807, 2.05) is 6.92 Å². The van der Waals surface area contributed by atoms with Gasteiger partial charge in [-0.3, -0.25) is 4.99 Å². The van der Waals surface area contributed by atoms with Gasteiger partial charge in [-0.1, -0.05) is 6.42 Å². The molecule has 0 saturated heterocycles. The number of nitrogens with one attached hydrogen (secondary N) is 2. The molecule has 0 radical (unpaired) electrons. The lowest BCUT2D eigenvalue weighted by molar-refractivity contribution is -0.168. The molecule has 134 valence electrons. The van der Waals surface area contributed by atoms with Crippen molar-refractivity contribution in [2.75, 3.05) is 32.9 Å². The summed E-state index contributed by atoms with van der Waals surface area (Å²) in [6.45, 7) is 10.5. The minimum atomic E-state index is 0.376. The average Bonchev–Trinajstić information content (AvgIpc) is 2.47. The molecular weight excluding hydrogens is 290 g/mol. The van der Waals surface area contributed by atoms with E-state index in [4.69, 9.17) is 14.5 Å². The Hall–Kier alpha value is -0.810. The largest absolute Gasteiger partial charge is 0.382 e. The second kappa shape index (κ2) is 9.48. The fraction of sp³-hybridized carbons (Fsp3) is 0.944. The van der Waals surface area contributed by atoms with Crippen LogP contribution in [0.3, 0.4) is 0 Å². The second-order valence-corrected chi connectivity index (χ2v) is 6.63. The summed E-state index contributed by atoms with van der Waals surface area (Å²) < 4.78 is 11.3. The molecule has 0 bridgehead atoms. The Bertz CT molecular complexity index is 369. The van der Waals surface area contributed by atoms with E-state index in [1.54, 1.807) is 0 Å². The molecule has 2 rings (SSSR count). The second-order valence-electron chi connectivity index (χ2n) is 6.63. The third-order valence-electron chi connectivity index (χ3n) is 5.26. The summed E-state index contributed by atoms with van der Waals surface area (Å²) in [5.41, 5.74) is 0.376. The highest BCUT2D eigenvalue weighted by molar-refractivity contribution is 5.80. The maximum Gasteiger partial charge on any atom is 0.191 e. The Labute approximate surface area is 141 Å². The summed E-state index contributed by atoms with van der Waals surface area (Å²) in [6, 6.07) is 0.522. The first-order valence-corrected chi connectivity index (χ1v) is 9.51. The number of hydrogen-bond donors (Lipinski definition) is 2. The van der Waals surface area contributed by atoms with E-state index in [1.165, 1.54) is 19.3 Å². The van der Waals surface area contributed by atoms with Crippen LogP contribution in [0.1, 0.15) is 59.3 Å². The van der Waals surface area contributed by atoms with Gasteiger partial charge in [0.1, 0.15) is 0 Å². The molecule has 0 aliphatic heterocycles. The number of rotatable bonds is 10. The lowest BCUT2D eigenvalue weighted by Gasteiger charge is -2.61. The molecule has 2 N–H and O–H groups in total. The van der Waals surface area contributed by atoms with Crippen molar-refractivity contribution >= 4 is 5.96 Å². The van der Waals surface area contributed by atoms with Crippen molar-refractivity contribution in [3.8, 4) is 0 Å². The zero-order chi connectivity index (χ0) is 16.5. The Morgan fingerprint density at radius 3 is 2.61 bits per heavy atom. The van der Waals surface area contributed by atoms with Crippen LogP contribution in [-0.4, -0.2) is 51.0 Å². The van der Waals surface area contributed by atoms with Gasteiger partial charge in [0.15, 0.2) is 5.96 Å². The van der Waals surface area contributed by atoms with E-state index in [0.29, 0.717) is 17.6 Å². The van der Waals surface area contributed by atoms with Crippen LogP contribution >= 0.6 is 0 Å². The highest BCUT2D eigenvalue weighted by Crippen LogP contribution is 2.57. The third kappa shape index (κ3) is 4.60. The van der Waals surface area contributed by atoms with Gasteiger partial charge in [-0.2, -0.15) is 0 Å². The molecular formula is C18H35N3O2. The molecule has 2 unspecified atom stereocenters. The lowest BCUT2D eigenvalue weighted by Crippen LogP contribution is -2.68. The molecule has 0 aromatic heterocycles. The number of unbranched alkanes of at least 4 members (excludes halogenated alkanes) is 1. The zero-order valence-electron chi connectivity index (χ0n) is 15.2. The zero-order valence-corrected chi connectivity index (χ0v) is 15.2. The van der Waals surface area contributed by atoms with Gasteiger partial charge in [-0.25, -0.2) is 0 Å². The maximum absolute atomic E-state index is 5.93. The quantitative estimate of drug-likeness (QED) is 0.368. The van der Waals surface area contributed by atoms with Crippen molar-refractivity contribution in [2.45, 2.75) is 71.4 Å². The van der Waals surface area contributed by atoms with E-state index < -0.39 is 0 Å². The Morgan fingerprint density at radius 2 is 2.00 bits per heavy atom. The monoisotopic (exact) mass is 325 g/mol. The fourth-order valence-corrected chi connectivity index (χ4v) is 3.78. The van der Waals surface area contributed by atoms with Crippen molar-refractivity contribution in [1.82, 2.24) is 10.6 Å². The lowest BCUT2D eigenvalue weighted by atomic mass is 9.51. The van der Waals surface area contributed by atoms with Gasteiger partial charge < -0.3 is 20.1 Å². The van der Waals surface area contributed by atoms with Gasteiger partial charge in [0.2, 0.25) is 0 Å². The van der Waals surface area contributed by atoms with Crippen LogP contribution in [0.4, 0.5) is 0 Å². The predicted octanol–water partition coefficient (Wildman–Crippen LogP) is 2.71. The third-order valence-corrected chi connectivity index (χ3v) is 5.26. The minimum Gasteiger partial charge on any atom is -0.382 e. The number of guanidine groups is 1. The standard InChI is InChI=1S/C18H35N3O2/c1-4-19-17(20-12-7-8-13-22-5-2)21-15-14-16(23-6-3)18(15)10-9-11-18/h15-16H,4-14H2,1-3H3,(H2,19,20,21). The molecule has 0 amide bonds. The van der Waals surface area contributed by atoms with Gasteiger partial charge in [0.25, 0.3) is 0 Å². The van der Waals surface area contributed by atoms with Gasteiger partial charge in [-0.05, 0) is 52.9 Å². The smallest absolute Gasteiger partial charge is 0.191 e. The average molecular weight is 325 g/mol. The summed E-state index contributed by atoms with van der Waals surface area (Å²) >= 11 is 0. The molecule has 2 saturated carbocycles. The van der Waals surface area contributed by atoms with Gasteiger partial charge >= 0.3 is 0 Å². The summed E-state index contributed by atoms with van der Waals surface area (Å²) in [5.74, 6) is 0.968. The van der Waals surface area contributed by atoms with Crippen LogP contribution in [0.25, 0.3) is 0 Å². The molecule has 0 aromatic carbocycles. The minimum absolute atomic E-state index is 0.376. The van der Waals surface area contributed by atoms with Gasteiger partial charge in [-0.15, -0.1) is 0 Å². The van der Waals surface area contributed by atoms with Crippen LogP contribution in [0.15, 0.2) is 4.99 Å². The van der Waals surface area contributed by atoms with Crippen molar-refractivity contribution in [1.29, 1.82) is 0 Å². The van der Waals surface area contributed by atoms with Crippen LogP contribution in [0.2, 0.25) is 0 Å². The number of aliphatic imine (C=N–C) groups is 1. The molecule has 0 aromatic rings. The number of hydrogen-bond acceptors (Lipinski definition) is 3. The molecule has 2 aliphatic rings. The molecule has 2 fully saturated rings. The van der Waals surface area contributed by atoms with Crippen molar-refractivity contribution in [2.24, 2.45) is 10.4 Å². The van der Waals surface area contributed by atoms with E-state index in [9.17, 15) is 0 Å². The first-order chi connectivity index (χ1) is 11.3. The molecule has 2 atom stereocenters. The summed E-state index contributed by atoms with van der Waals surface area (Å²) in [5, 5.41) is 7.05. The fourth-order valence-electron chi connectivity index (χ4n) is 3.78. The number of ether oxygens (including phenoxy) is 2. The normalized spacial score (nSPS) is 25.8. The number of nitrogens with zero attached hydrogens (tertiary/aromatic N) is 1. The Kier molecular flexibility index (Phi) is 7.63. The molecule has 5 nitrogen and oxygen atoms in total. The molecule has 2 aliphatic carbocycles. The van der Waals surface area contributed by atoms with E-state index in [2.05, 4.69) is 24.5 Å². The van der Waals surface area contributed by atoms with Crippen LogP contribution in [0.5, 0.6) is 0 Å². The summed E-state index contributed by atoms with van der Waals surface area (Å²) in [7, 11) is 0. The maximum atomic E-state index is 5.93. The SMILES string of the molecule is CCNC(=NCCCCOCC)NC1CC(OCC)C12CCC2. The highest BCUT2D eigenvalue weighted by atomic mass is 16.5. The first kappa shape index (κ1) is 18.5. The summed E-state index contributed by atoms with van der Waals surface area (Å²) in [4.78, 5) is 4.73. The van der Waals surface area contributed by atoms with Crippen LogP contribution in [0, 0.1) is 5.41 Å². The highest BCUT2D eigenvalue weighted by Gasteiger charge is 2.59. The van der Waals surface area contributed by atoms with Crippen molar-refractivity contribution < 1.29 is 9.47 Å².